The average Bonchev–Trinajstić information content (AvgIpc) is 2.45. The van der Waals surface area contributed by atoms with Gasteiger partial charge in [0.25, 0.3) is 0 Å². The highest BCUT2D eigenvalue weighted by atomic mass is 16.5. The molecule has 2 rings (SSSR count). The molecule has 2 aromatic carbocycles. The van der Waals surface area contributed by atoms with E-state index in [4.69, 9.17) is 4.74 Å². The van der Waals surface area contributed by atoms with E-state index >= 15 is 0 Å². The molecule has 0 atom stereocenters. The summed E-state index contributed by atoms with van der Waals surface area (Å²) in [6, 6.07) is 17.4. The Hall–Kier alpha value is -2.29. The molecule has 0 heterocycles. The molecule has 0 amide bonds. The maximum absolute atomic E-state index is 10.1. The summed E-state index contributed by atoms with van der Waals surface area (Å²) < 4.78 is 10.3. The van der Waals surface area contributed by atoms with Crippen LogP contribution < -0.4 is 4.74 Å². The molecular weight excluding hydrogens is 228 g/mol. The molecule has 0 N–H and O–H groups in total. The molecule has 18 heavy (non-hydrogen) atoms. The molecule has 0 aliphatic carbocycles. The first-order valence-corrected chi connectivity index (χ1v) is 5.63. The van der Waals surface area contributed by atoms with Gasteiger partial charge in [0.2, 0.25) is 0 Å². The fraction of sp³-hybridized carbons (Fsp3) is 0.133. The minimum absolute atomic E-state index is 0.175. The van der Waals surface area contributed by atoms with E-state index in [9.17, 15) is 4.79 Å². The van der Waals surface area contributed by atoms with E-state index in [1.54, 1.807) is 0 Å². The van der Waals surface area contributed by atoms with Gasteiger partial charge in [-0.25, -0.2) is 4.79 Å². The van der Waals surface area contributed by atoms with Crippen LogP contribution in [0, 0.1) is 0 Å². The molecule has 0 saturated carbocycles. The smallest absolute Gasteiger partial charge is 0.417 e. The van der Waals surface area contributed by atoms with Crippen LogP contribution in [-0.2, 0) is 22.7 Å². The molecule has 0 aliphatic heterocycles. The zero-order valence-electron chi connectivity index (χ0n) is 9.84. The highest BCUT2D eigenvalue weighted by molar-refractivity contribution is 5.40. The van der Waals surface area contributed by atoms with Crippen molar-refractivity contribution in [1.29, 1.82) is 0 Å². The second-order valence-electron chi connectivity index (χ2n) is 3.75. The van der Waals surface area contributed by atoms with Gasteiger partial charge in [0, 0.05) is 5.56 Å². The first kappa shape index (κ1) is 12.2. The van der Waals surface area contributed by atoms with E-state index in [-0.39, 0.29) is 6.61 Å². The third-order valence-electron chi connectivity index (χ3n) is 2.50. The lowest BCUT2D eigenvalue weighted by atomic mass is 10.2. The number of para-hydroxylation sites is 1. The topological polar surface area (TPSA) is 35.5 Å². The van der Waals surface area contributed by atoms with Gasteiger partial charge in [-0.2, -0.15) is 0 Å². The highest BCUT2D eigenvalue weighted by Crippen LogP contribution is 2.19. The SMILES string of the molecule is O=[C]OCc1ccccc1OCc1ccccc1. The standard InChI is InChI=1S/C15H13O3/c16-12-17-11-14-8-4-5-9-15(14)18-10-13-6-2-1-3-7-13/h1-9H,10-11H2. The Morgan fingerprint density at radius 1 is 0.889 bits per heavy atom. The van der Waals surface area contributed by atoms with Gasteiger partial charge < -0.3 is 9.47 Å². The molecule has 3 nitrogen and oxygen atoms in total. The van der Waals surface area contributed by atoms with E-state index < -0.39 is 0 Å². The molecule has 3 heteroatoms. The zero-order valence-corrected chi connectivity index (χ0v) is 9.84. The summed E-state index contributed by atoms with van der Waals surface area (Å²) in [5.74, 6) is 0.719. The van der Waals surface area contributed by atoms with Crippen LogP contribution in [0.4, 0.5) is 0 Å². The van der Waals surface area contributed by atoms with Crippen LogP contribution in [0.15, 0.2) is 54.6 Å². The number of rotatable bonds is 6. The van der Waals surface area contributed by atoms with Crippen molar-refractivity contribution < 1.29 is 14.3 Å². The third kappa shape index (κ3) is 3.35. The van der Waals surface area contributed by atoms with Crippen molar-refractivity contribution in [2.75, 3.05) is 0 Å². The monoisotopic (exact) mass is 241 g/mol. The fourth-order valence-corrected chi connectivity index (χ4v) is 1.61. The summed E-state index contributed by atoms with van der Waals surface area (Å²) in [6.07, 6.45) is 0. The van der Waals surface area contributed by atoms with Gasteiger partial charge in [0.1, 0.15) is 19.0 Å². The second kappa shape index (κ2) is 6.45. The highest BCUT2D eigenvalue weighted by Gasteiger charge is 2.03. The molecule has 0 unspecified atom stereocenters. The first-order valence-electron chi connectivity index (χ1n) is 5.63. The van der Waals surface area contributed by atoms with Gasteiger partial charge >= 0.3 is 6.47 Å². The summed E-state index contributed by atoms with van der Waals surface area (Å²) >= 11 is 0. The van der Waals surface area contributed by atoms with E-state index in [0.717, 1.165) is 16.9 Å². The van der Waals surface area contributed by atoms with Crippen LogP contribution in [0.25, 0.3) is 0 Å². The molecule has 2 aromatic rings. The quantitative estimate of drug-likeness (QED) is 0.780. The minimum atomic E-state index is 0.175. The Morgan fingerprint density at radius 3 is 2.39 bits per heavy atom. The summed E-state index contributed by atoms with van der Waals surface area (Å²) in [5, 5.41) is 0. The average molecular weight is 241 g/mol. The molecule has 0 spiro atoms. The van der Waals surface area contributed by atoms with Crippen molar-refractivity contribution in [3.63, 3.8) is 0 Å². The molecular formula is C15H13O3. The third-order valence-corrected chi connectivity index (χ3v) is 2.50. The molecule has 0 aliphatic rings. The predicted octanol–water partition coefficient (Wildman–Crippen LogP) is 2.85. The van der Waals surface area contributed by atoms with Crippen LogP contribution >= 0.6 is 0 Å². The van der Waals surface area contributed by atoms with Crippen molar-refractivity contribution in [3.05, 3.63) is 65.7 Å². The Kier molecular flexibility index (Phi) is 4.36. The first-order chi connectivity index (χ1) is 8.90. The van der Waals surface area contributed by atoms with Crippen molar-refractivity contribution in [3.8, 4) is 5.75 Å². The minimum Gasteiger partial charge on any atom is -0.488 e. The van der Waals surface area contributed by atoms with Crippen molar-refractivity contribution in [2.45, 2.75) is 13.2 Å². The Balaban J connectivity index is 2.02. The van der Waals surface area contributed by atoms with Gasteiger partial charge in [-0.05, 0) is 11.6 Å². The van der Waals surface area contributed by atoms with Crippen molar-refractivity contribution in [2.24, 2.45) is 0 Å². The van der Waals surface area contributed by atoms with Gasteiger partial charge in [0.05, 0.1) is 0 Å². The van der Waals surface area contributed by atoms with Crippen molar-refractivity contribution in [1.82, 2.24) is 0 Å². The molecule has 0 bridgehead atoms. The molecule has 1 radical (unpaired) electrons. The maximum atomic E-state index is 10.1. The van der Waals surface area contributed by atoms with E-state index in [1.165, 1.54) is 6.47 Å². The number of hydrogen-bond donors (Lipinski definition) is 0. The lowest BCUT2D eigenvalue weighted by Crippen LogP contribution is -1.99. The van der Waals surface area contributed by atoms with Gasteiger partial charge in [-0.3, -0.25) is 0 Å². The number of benzene rings is 2. The summed E-state index contributed by atoms with van der Waals surface area (Å²) in [7, 11) is 0. The second-order valence-corrected chi connectivity index (χ2v) is 3.75. The largest absolute Gasteiger partial charge is 0.488 e. The Bertz CT molecular complexity index is 494. The van der Waals surface area contributed by atoms with Crippen LogP contribution in [0.2, 0.25) is 0 Å². The summed E-state index contributed by atoms with van der Waals surface area (Å²) in [5.41, 5.74) is 1.92. The van der Waals surface area contributed by atoms with E-state index in [1.807, 2.05) is 54.6 Å². The lowest BCUT2D eigenvalue weighted by Gasteiger charge is -2.10. The Labute approximate surface area is 106 Å². The van der Waals surface area contributed by atoms with Crippen LogP contribution in [0.5, 0.6) is 5.75 Å². The molecule has 0 fully saturated rings. The van der Waals surface area contributed by atoms with Gasteiger partial charge in [-0.15, -0.1) is 0 Å². The van der Waals surface area contributed by atoms with Crippen LogP contribution in [0.1, 0.15) is 11.1 Å². The maximum Gasteiger partial charge on any atom is 0.417 e. The number of ether oxygens (including phenoxy) is 2. The molecule has 91 valence electrons. The van der Waals surface area contributed by atoms with Crippen molar-refractivity contribution >= 4 is 6.47 Å². The summed E-state index contributed by atoms with van der Waals surface area (Å²) in [4.78, 5) is 10.1. The number of hydrogen-bond acceptors (Lipinski definition) is 3. The normalized spacial score (nSPS) is 9.78. The lowest BCUT2D eigenvalue weighted by molar-refractivity contribution is 0.251. The fourth-order valence-electron chi connectivity index (χ4n) is 1.61. The predicted molar refractivity (Wildman–Crippen MR) is 67.7 cm³/mol. The zero-order chi connectivity index (χ0) is 12.6. The van der Waals surface area contributed by atoms with Gasteiger partial charge in [0.15, 0.2) is 0 Å². The van der Waals surface area contributed by atoms with E-state index in [0.29, 0.717) is 6.61 Å². The van der Waals surface area contributed by atoms with Crippen LogP contribution in [0.3, 0.4) is 0 Å². The van der Waals surface area contributed by atoms with Gasteiger partial charge in [-0.1, -0.05) is 48.5 Å². The molecule has 0 saturated heterocycles. The van der Waals surface area contributed by atoms with Crippen LogP contribution in [-0.4, -0.2) is 6.47 Å². The van der Waals surface area contributed by atoms with E-state index in [2.05, 4.69) is 4.74 Å². The number of carbonyl (C=O) groups excluding carboxylic acids is 1. The Morgan fingerprint density at radius 2 is 1.61 bits per heavy atom. The summed E-state index contributed by atoms with van der Waals surface area (Å²) in [6.45, 7) is 2.08. The molecule has 0 aromatic heterocycles.